The molecule has 1 N–H and O–H groups in total. The van der Waals surface area contributed by atoms with E-state index in [-0.39, 0.29) is 22.6 Å². The van der Waals surface area contributed by atoms with Gasteiger partial charge in [0.25, 0.3) is 0 Å². The van der Waals surface area contributed by atoms with Gasteiger partial charge >= 0.3 is 0 Å². The van der Waals surface area contributed by atoms with E-state index < -0.39 is 16.1 Å². The molecule has 146 valence electrons. The molecule has 1 aliphatic carbocycles. The first-order chi connectivity index (χ1) is 12.2. The van der Waals surface area contributed by atoms with Crippen LogP contribution in [0.5, 0.6) is 0 Å². The van der Waals surface area contributed by atoms with Gasteiger partial charge in [-0.3, -0.25) is 4.79 Å². The minimum atomic E-state index is -3.80. The van der Waals surface area contributed by atoms with Crippen molar-refractivity contribution in [2.24, 2.45) is 11.8 Å². The number of hydrogen-bond acceptors (Lipinski definition) is 5. The molecule has 8 heteroatoms. The Hall–Kier alpha value is -1.41. The molecule has 2 fully saturated rings. The van der Waals surface area contributed by atoms with Gasteiger partial charge in [0, 0.05) is 12.6 Å². The van der Waals surface area contributed by atoms with Crippen LogP contribution < -0.4 is 5.32 Å². The Morgan fingerprint density at radius 1 is 1.19 bits per heavy atom. The third kappa shape index (κ3) is 3.41. The van der Waals surface area contributed by atoms with Crippen LogP contribution in [0.2, 0.25) is 0 Å². The summed E-state index contributed by atoms with van der Waals surface area (Å²) in [5.41, 5.74) is 0.336. The summed E-state index contributed by atoms with van der Waals surface area (Å²) in [6, 6.07) is -0.534. The van der Waals surface area contributed by atoms with E-state index in [2.05, 4.69) is 24.3 Å². The van der Waals surface area contributed by atoms with Gasteiger partial charge in [-0.2, -0.15) is 4.31 Å². The lowest BCUT2D eigenvalue weighted by Crippen LogP contribution is -2.51. The van der Waals surface area contributed by atoms with E-state index >= 15 is 0 Å². The monoisotopic (exact) mass is 383 g/mol. The molecule has 4 atom stereocenters. The van der Waals surface area contributed by atoms with Gasteiger partial charge in [-0.05, 0) is 44.9 Å². The maximum absolute atomic E-state index is 13.1. The standard InChI is InChI=1S/C18H29N3O4S/c1-11-7-5-8-15(12(11)2)19-18(22)16-9-6-10-21(16)26(23,24)17-13(3)20-25-14(17)4/h11-12,15-16H,5-10H2,1-4H3,(H,19,22)/t11-,12+,15-,16-/m1/s1. The molecule has 1 amide bonds. The van der Waals surface area contributed by atoms with Crippen molar-refractivity contribution < 1.29 is 17.7 Å². The smallest absolute Gasteiger partial charge is 0.249 e. The number of nitrogens with one attached hydrogen (secondary N) is 1. The Bertz CT molecular complexity index is 754. The van der Waals surface area contributed by atoms with E-state index in [0.717, 1.165) is 12.8 Å². The van der Waals surface area contributed by atoms with E-state index in [4.69, 9.17) is 4.52 Å². The molecule has 1 saturated carbocycles. The molecule has 1 aliphatic heterocycles. The number of carbonyl (C=O) groups excluding carboxylic acids is 1. The second kappa shape index (κ2) is 7.31. The Labute approximate surface area is 155 Å². The molecular weight excluding hydrogens is 354 g/mol. The number of sulfonamides is 1. The minimum Gasteiger partial charge on any atom is -0.360 e. The van der Waals surface area contributed by atoms with Crippen LogP contribution >= 0.6 is 0 Å². The molecule has 7 nitrogen and oxygen atoms in total. The summed E-state index contributed by atoms with van der Waals surface area (Å²) < 4.78 is 32.6. The molecule has 0 spiro atoms. The lowest BCUT2D eigenvalue weighted by atomic mass is 9.78. The van der Waals surface area contributed by atoms with Crippen molar-refractivity contribution in [3.63, 3.8) is 0 Å². The maximum atomic E-state index is 13.1. The molecule has 0 aromatic carbocycles. The Morgan fingerprint density at radius 3 is 2.58 bits per heavy atom. The zero-order valence-corrected chi connectivity index (χ0v) is 16.8. The van der Waals surface area contributed by atoms with Gasteiger partial charge in [0.15, 0.2) is 5.76 Å². The van der Waals surface area contributed by atoms with Gasteiger partial charge in [0.2, 0.25) is 15.9 Å². The fraction of sp³-hybridized carbons (Fsp3) is 0.778. The lowest BCUT2D eigenvalue weighted by Gasteiger charge is -2.35. The molecule has 0 radical (unpaired) electrons. The Balaban J connectivity index is 1.79. The number of aryl methyl sites for hydroxylation is 2. The average Bonchev–Trinajstić information content (AvgIpc) is 3.19. The van der Waals surface area contributed by atoms with Gasteiger partial charge < -0.3 is 9.84 Å². The van der Waals surface area contributed by atoms with Crippen molar-refractivity contribution in [1.82, 2.24) is 14.8 Å². The topological polar surface area (TPSA) is 92.5 Å². The van der Waals surface area contributed by atoms with Crippen LogP contribution in [0.1, 0.15) is 57.4 Å². The van der Waals surface area contributed by atoms with E-state index in [0.29, 0.717) is 36.9 Å². The normalized spacial score (nSPS) is 30.5. The summed E-state index contributed by atoms with van der Waals surface area (Å²) in [6.45, 7) is 7.93. The molecular formula is C18H29N3O4S. The van der Waals surface area contributed by atoms with Crippen LogP contribution in [0.3, 0.4) is 0 Å². The summed E-state index contributed by atoms with van der Waals surface area (Å²) in [6.07, 6.45) is 4.47. The van der Waals surface area contributed by atoms with Crippen molar-refractivity contribution >= 4 is 15.9 Å². The van der Waals surface area contributed by atoms with Crippen LogP contribution in [-0.2, 0) is 14.8 Å². The summed E-state index contributed by atoms with van der Waals surface area (Å²) in [5, 5.41) is 6.89. The van der Waals surface area contributed by atoms with Crippen LogP contribution in [0, 0.1) is 25.7 Å². The molecule has 2 heterocycles. The van der Waals surface area contributed by atoms with Crippen molar-refractivity contribution in [3.05, 3.63) is 11.5 Å². The molecule has 3 rings (SSSR count). The number of aromatic nitrogens is 1. The molecule has 26 heavy (non-hydrogen) atoms. The molecule has 0 bridgehead atoms. The molecule has 0 unspecified atom stereocenters. The van der Waals surface area contributed by atoms with Gasteiger partial charge in [0.1, 0.15) is 16.6 Å². The van der Waals surface area contributed by atoms with Crippen LogP contribution in [-0.4, -0.2) is 42.4 Å². The highest BCUT2D eigenvalue weighted by Gasteiger charge is 2.42. The number of rotatable bonds is 4. The number of carbonyl (C=O) groups is 1. The van der Waals surface area contributed by atoms with E-state index in [1.165, 1.54) is 10.7 Å². The first-order valence-corrected chi connectivity index (χ1v) is 10.9. The third-order valence-electron chi connectivity index (χ3n) is 6.08. The van der Waals surface area contributed by atoms with Crippen molar-refractivity contribution in [1.29, 1.82) is 0 Å². The molecule has 2 aliphatic rings. The van der Waals surface area contributed by atoms with Crippen LogP contribution in [0.25, 0.3) is 0 Å². The highest BCUT2D eigenvalue weighted by molar-refractivity contribution is 7.89. The van der Waals surface area contributed by atoms with E-state index in [9.17, 15) is 13.2 Å². The van der Waals surface area contributed by atoms with E-state index in [1.807, 2.05) is 0 Å². The van der Waals surface area contributed by atoms with E-state index in [1.54, 1.807) is 13.8 Å². The predicted octanol–water partition coefficient (Wildman–Crippen LogP) is 2.39. The predicted molar refractivity (Wildman–Crippen MR) is 97.0 cm³/mol. The Morgan fingerprint density at radius 2 is 1.92 bits per heavy atom. The van der Waals surface area contributed by atoms with Gasteiger partial charge in [0.05, 0.1) is 0 Å². The summed E-state index contributed by atoms with van der Waals surface area (Å²) in [5.74, 6) is 1.06. The Kier molecular flexibility index (Phi) is 5.44. The first kappa shape index (κ1) is 19.4. The van der Waals surface area contributed by atoms with Crippen molar-refractivity contribution in [2.75, 3.05) is 6.54 Å². The summed E-state index contributed by atoms with van der Waals surface area (Å²) in [7, 11) is -3.80. The second-order valence-electron chi connectivity index (χ2n) is 7.81. The third-order valence-corrected chi connectivity index (χ3v) is 8.23. The quantitative estimate of drug-likeness (QED) is 0.862. The zero-order valence-electron chi connectivity index (χ0n) is 16.0. The highest BCUT2D eigenvalue weighted by Crippen LogP contribution is 2.32. The number of hydrogen-bond donors (Lipinski definition) is 1. The highest BCUT2D eigenvalue weighted by atomic mass is 32.2. The van der Waals surface area contributed by atoms with Gasteiger partial charge in [-0.1, -0.05) is 31.8 Å². The largest absolute Gasteiger partial charge is 0.360 e. The fourth-order valence-corrected chi connectivity index (χ4v) is 6.27. The van der Waals surface area contributed by atoms with Crippen LogP contribution in [0.15, 0.2) is 9.42 Å². The van der Waals surface area contributed by atoms with Crippen molar-refractivity contribution in [3.8, 4) is 0 Å². The maximum Gasteiger partial charge on any atom is 0.249 e. The van der Waals surface area contributed by atoms with Gasteiger partial charge in [-0.25, -0.2) is 8.42 Å². The first-order valence-electron chi connectivity index (χ1n) is 9.48. The number of nitrogens with zero attached hydrogens (tertiary/aromatic N) is 2. The lowest BCUT2D eigenvalue weighted by molar-refractivity contribution is -0.125. The average molecular weight is 384 g/mol. The SMILES string of the molecule is Cc1noc(C)c1S(=O)(=O)N1CCC[C@@H]1C(=O)N[C@@H]1CCC[C@@H](C)[C@@H]1C. The van der Waals surface area contributed by atoms with Crippen LogP contribution in [0.4, 0.5) is 0 Å². The molecule has 1 aromatic rings. The second-order valence-corrected chi connectivity index (χ2v) is 9.64. The number of amides is 1. The van der Waals surface area contributed by atoms with Gasteiger partial charge in [-0.15, -0.1) is 0 Å². The summed E-state index contributed by atoms with van der Waals surface area (Å²) >= 11 is 0. The molecule has 1 aromatic heterocycles. The summed E-state index contributed by atoms with van der Waals surface area (Å²) in [4.78, 5) is 13.0. The van der Waals surface area contributed by atoms with Crippen molar-refractivity contribution in [2.45, 2.75) is 76.8 Å². The zero-order chi connectivity index (χ0) is 19.1. The molecule has 1 saturated heterocycles. The fourth-order valence-electron chi connectivity index (χ4n) is 4.31. The minimum absolute atomic E-state index is 0.0943.